The molecule has 0 amide bonds. The average molecular weight is 290 g/mol. The van der Waals surface area contributed by atoms with Gasteiger partial charge in [0.25, 0.3) is 0 Å². The summed E-state index contributed by atoms with van der Waals surface area (Å²) in [7, 11) is 0. The van der Waals surface area contributed by atoms with Gasteiger partial charge in [-0.05, 0) is 45.7 Å². The molecule has 2 aliphatic rings. The van der Waals surface area contributed by atoms with Crippen molar-refractivity contribution in [1.82, 2.24) is 14.9 Å². The van der Waals surface area contributed by atoms with Gasteiger partial charge in [-0.25, -0.2) is 4.98 Å². The Labute approximate surface area is 127 Å². The van der Waals surface area contributed by atoms with Gasteiger partial charge >= 0.3 is 0 Å². The second-order valence-corrected chi connectivity index (χ2v) is 5.94. The van der Waals surface area contributed by atoms with Crippen LogP contribution in [-0.4, -0.2) is 53.7 Å². The van der Waals surface area contributed by atoms with Crippen molar-refractivity contribution in [2.75, 3.05) is 37.7 Å². The summed E-state index contributed by atoms with van der Waals surface area (Å²) in [5.41, 5.74) is 0. The van der Waals surface area contributed by atoms with Crippen LogP contribution in [-0.2, 0) is 0 Å². The predicted octanol–water partition coefficient (Wildman–Crippen LogP) is 2.33. The maximum Gasteiger partial charge on any atom is 0.228 e. The second-order valence-electron chi connectivity index (χ2n) is 5.94. The van der Waals surface area contributed by atoms with E-state index in [1.165, 1.54) is 45.2 Å². The van der Waals surface area contributed by atoms with Crippen LogP contribution in [0.2, 0.25) is 0 Å². The van der Waals surface area contributed by atoms with E-state index in [-0.39, 0.29) is 0 Å². The molecule has 0 spiro atoms. The first-order valence-electron chi connectivity index (χ1n) is 8.31. The van der Waals surface area contributed by atoms with Gasteiger partial charge in [0.05, 0.1) is 6.61 Å². The van der Waals surface area contributed by atoms with Crippen molar-refractivity contribution in [2.45, 2.75) is 45.1 Å². The lowest BCUT2D eigenvalue weighted by molar-refractivity contribution is 0.141. The van der Waals surface area contributed by atoms with Gasteiger partial charge in [-0.2, -0.15) is 4.98 Å². The Kier molecular flexibility index (Phi) is 4.91. The van der Waals surface area contributed by atoms with Crippen LogP contribution in [0.4, 0.5) is 5.95 Å². The number of nitrogens with zero attached hydrogens (tertiary/aromatic N) is 4. The van der Waals surface area contributed by atoms with E-state index >= 15 is 0 Å². The molecular formula is C16H26N4O. The fourth-order valence-electron chi connectivity index (χ4n) is 3.43. The van der Waals surface area contributed by atoms with Crippen LogP contribution in [0.3, 0.4) is 0 Å². The number of hydrogen-bond donors (Lipinski definition) is 0. The first-order valence-corrected chi connectivity index (χ1v) is 8.31. The quantitative estimate of drug-likeness (QED) is 0.851. The van der Waals surface area contributed by atoms with Crippen LogP contribution in [0, 0.1) is 0 Å². The molecule has 0 bridgehead atoms. The largest absolute Gasteiger partial charge is 0.478 e. The highest BCUT2D eigenvalue weighted by Crippen LogP contribution is 2.23. The third kappa shape index (κ3) is 3.64. The normalized spacial score (nSPS) is 21.5. The van der Waals surface area contributed by atoms with Gasteiger partial charge in [-0.1, -0.05) is 6.42 Å². The standard InChI is InChI=1S/C16H26N4O/c1-2-21-15-6-9-17-16(18-15)20-12-7-14(8-13-20)19-10-4-3-5-11-19/h6,9,14H,2-5,7-8,10-13H2,1H3. The third-order valence-electron chi connectivity index (χ3n) is 4.56. The van der Waals surface area contributed by atoms with Crippen molar-refractivity contribution >= 4 is 5.95 Å². The molecule has 3 rings (SSSR count). The fraction of sp³-hybridized carbons (Fsp3) is 0.750. The van der Waals surface area contributed by atoms with E-state index in [0.717, 1.165) is 25.1 Å². The average Bonchev–Trinajstić information content (AvgIpc) is 2.56. The van der Waals surface area contributed by atoms with Crippen LogP contribution in [0.1, 0.15) is 39.0 Å². The lowest BCUT2D eigenvalue weighted by atomic mass is 10.0. The summed E-state index contributed by atoms with van der Waals surface area (Å²) >= 11 is 0. The Morgan fingerprint density at radius 2 is 1.90 bits per heavy atom. The topological polar surface area (TPSA) is 41.5 Å². The highest BCUT2D eigenvalue weighted by atomic mass is 16.5. The van der Waals surface area contributed by atoms with E-state index in [2.05, 4.69) is 19.8 Å². The molecule has 0 N–H and O–H groups in total. The number of ether oxygens (including phenoxy) is 1. The lowest BCUT2D eigenvalue weighted by Crippen LogP contribution is -2.47. The number of rotatable bonds is 4. The highest BCUT2D eigenvalue weighted by molar-refractivity contribution is 5.32. The Hall–Kier alpha value is -1.36. The molecule has 1 aromatic rings. The Bertz CT molecular complexity index is 440. The molecule has 1 aromatic heterocycles. The maximum atomic E-state index is 5.47. The molecular weight excluding hydrogens is 264 g/mol. The Morgan fingerprint density at radius 3 is 2.62 bits per heavy atom. The van der Waals surface area contributed by atoms with Gasteiger partial charge in [0.15, 0.2) is 0 Å². The molecule has 0 aliphatic carbocycles. The summed E-state index contributed by atoms with van der Waals surface area (Å²) < 4.78 is 5.47. The van der Waals surface area contributed by atoms with Gasteiger partial charge in [0.2, 0.25) is 11.8 Å². The first-order chi connectivity index (χ1) is 10.4. The molecule has 0 radical (unpaired) electrons. The highest BCUT2D eigenvalue weighted by Gasteiger charge is 2.26. The van der Waals surface area contributed by atoms with Gasteiger partial charge in [-0.15, -0.1) is 0 Å². The molecule has 5 nitrogen and oxygen atoms in total. The maximum absolute atomic E-state index is 5.47. The molecule has 2 fully saturated rings. The second kappa shape index (κ2) is 7.07. The van der Waals surface area contributed by atoms with Crippen LogP contribution >= 0.6 is 0 Å². The summed E-state index contributed by atoms with van der Waals surface area (Å²) in [6.07, 6.45) is 8.40. The van der Waals surface area contributed by atoms with E-state index in [9.17, 15) is 0 Å². The zero-order valence-electron chi connectivity index (χ0n) is 13.0. The van der Waals surface area contributed by atoms with Crippen molar-refractivity contribution in [1.29, 1.82) is 0 Å². The minimum Gasteiger partial charge on any atom is -0.478 e. The fourth-order valence-corrected chi connectivity index (χ4v) is 3.43. The smallest absolute Gasteiger partial charge is 0.228 e. The molecule has 3 heterocycles. The van der Waals surface area contributed by atoms with E-state index in [4.69, 9.17) is 4.74 Å². The summed E-state index contributed by atoms with van der Waals surface area (Å²) in [6, 6.07) is 2.59. The molecule has 0 aromatic carbocycles. The molecule has 0 atom stereocenters. The molecule has 116 valence electrons. The van der Waals surface area contributed by atoms with E-state index in [1.54, 1.807) is 6.20 Å². The van der Waals surface area contributed by atoms with E-state index in [0.29, 0.717) is 12.5 Å². The van der Waals surface area contributed by atoms with Gasteiger partial charge < -0.3 is 14.5 Å². The molecule has 0 saturated carbocycles. The van der Waals surface area contributed by atoms with Crippen LogP contribution in [0.5, 0.6) is 5.88 Å². The minimum atomic E-state index is 0.646. The Balaban J connectivity index is 1.56. The third-order valence-corrected chi connectivity index (χ3v) is 4.56. The van der Waals surface area contributed by atoms with Crippen molar-refractivity contribution in [3.63, 3.8) is 0 Å². The number of piperidine rings is 2. The van der Waals surface area contributed by atoms with Crippen molar-refractivity contribution < 1.29 is 4.74 Å². The van der Waals surface area contributed by atoms with Crippen molar-refractivity contribution in [2.24, 2.45) is 0 Å². The number of likely N-dealkylation sites (tertiary alicyclic amines) is 1. The lowest BCUT2D eigenvalue weighted by Gasteiger charge is -2.40. The number of anilines is 1. The van der Waals surface area contributed by atoms with Crippen molar-refractivity contribution in [3.8, 4) is 5.88 Å². The van der Waals surface area contributed by atoms with Gasteiger partial charge in [0.1, 0.15) is 0 Å². The monoisotopic (exact) mass is 290 g/mol. The van der Waals surface area contributed by atoms with E-state index in [1.807, 2.05) is 13.0 Å². The van der Waals surface area contributed by atoms with Crippen LogP contribution in [0.15, 0.2) is 12.3 Å². The SMILES string of the molecule is CCOc1ccnc(N2CCC(N3CCCCC3)CC2)n1. The summed E-state index contributed by atoms with van der Waals surface area (Å²) in [5, 5.41) is 0. The van der Waals surface area contributed by atoms with Gasteiger partial charge in [0, 0.05) is 31.4 Å². The predicted molar refractivity (Wildman–Crippen MR) is 83.9 cm³/mol. The molecule has 0 unspecified atom stereocenters. The summed E-state index contributed by atoms with van der Waals surface area (Å²) in [4.78, 5) is 13.9. The number of hydrogen-bond acceptors (Lipinski definition) is 5. The van der Waals surface area contributed by atoms with Crippen molar-refractivity contribution in [3.05, 3.63) is 12.3 Å². The first kappa shape index (κ1) is 14.6. The van der Waals surface area contributed by atoms with E-state index < -0.39 is 0 Å². The summed E-state index contributed by atoms with van der Waals surface area (Å²) in [6.45, 7) is 7.31. The van der Waals surface area contributed by atoms with Gasteiger partial charge in [-0.3, -0.25) is 0 Å². The minimum absolute atomic E-state index is 0.646. The zero-order chi connectivity index (χ0) is 14.5. The summed E-state index contributed by atoms with van der Waals surface area (Å²) in [5.74, 6) is 1.50. The number of aromatic nitrogens is 2. The molecule has 2 saturated heterocycles. The van der Waals surface area contributed by atoms with Crippen LogP contribution < -0.4 is 9.64 Å². The molecule has 5 heteroatoms. The Morgan fingerprint density at radius 1 is 1.14 bits per heavy atom. The van der Waals surface area contributed by atoms with Crippen LogP contribution in [0.25, 0.3) is 0 Å². The zero-order valence-corrected chi connectivity index (χ0v) is 13.0. The molecule has 21 heavy (non-hydrogen) atoms. The molecule has 2 aliphatic heterocycles.